The lowest BCUT2D eigenvalue weighted by atomic mass is 9.78. The van der Waals surface area contributed by atoms with Gasteiger partial charge in [-0.1, -0.05) is 66.7 Å². The molecule has 35 heavy (non-hydrogen) atoms. The lowest BCUT2D eigenvalue weighted by molar-refractivity contribution is 0.00578. The number of furan rings is 1. The van der Waals surface area contributed by atoms with E-state index in [0.717, 1.165) is 44.1 Å². The molecule has 1 saturated heterocycles. The zero-order valence-corrected chi connectivity index (χ0v) is 20.3. The first-order chi connectivity index (χ1) is 16.9. The van der Waals surface area contributed by atoms with E-state index in [2.05, 4.69) is 111 Å². The second kappa shape index (κ2) is 7.00. The summed E-state index contributed by atoms with van der Waals surface area (Å²) in [5.74, 6) is 0. The molecule has 0 amide bonds. The van der Waals surface area contributed by atoms with Gasteiger partial charge in [0.1, 0.15) is 5.58 Å². The minimum Gasteiger partial charge on any atom is -0.454 e. The maximum absolute atomic E-state index is 6.70. The standard InChI is InChI=1S/C30H26BNO3/c1-29(2)30(3,4)35-31(34-29)23-15-9-13-21-22-14-10-18-26(28(22)33-27(21)23)32-24-16-7-5-11-19(24)20-12-6-8-17-25(20)32/h5-18H,1-4H3. The van der Waals surface area contributed by atoms with Crippen molar-refractivity contribution in [2.45, 2.75) is 38.9 Å². The van der Waals surface area contributed by atoms with Crippen LogP contribution in [0.5, 0.6) is 0 Å². The van der Waals surface area contributed by atoms with Gasteiger partial charge in [-0.3, -0.25) is 0 Å². The maximum atomic E-state index is 6.70. The Balaban J connectivity index is 1.51. The van der Waals surface area contributed by atoms with Crippen LogP contribution in [0.4, 0.5) is 0 Å². The summed E-state index contributed by atoms with van der Waals surface area (Å²) in [7, 11) is -0.485. The molecule has 2 aromatic heterocycles. The zero-order valence-electron chi connectivity index (χ0n) is 20.3. The molecule has 0 atom stereocenters. The first kappa shape index (κ1) is 20.8. The van der Waals surface area contributed by atoms with Gasteiger partial charge in [-0.15, -0.1) is 0 Å². The first-order valence-corrected chi connectivity index (χ1v) is 12.1. The van der Waals surface area contributed by atoms with E-state index in [0.29, 0.717) is 0 Å². The van der Waals surface area contributed by atoms with Crippen LogP contribution >= 0.6 is 0 Å². The molecule has 0 bridgehead atoms. The Morgan fingerprint density at radius 2 is 1.09 bits per heavy atom. The molecular formula is C30H26BNO3. The predicted octanol–water partition coefficient (Wildman–Crippen LogP) is 6.98. The molecule has 7 rings (SSSR count). The van der Waals surface area contributed by atoms with Crippen molar-refractivity contribution in [3.63, 3.8) is 0 Å². The summed E-state index contributed by atoms with van der Waals surface area (Å²) >= 11 is 0. The van der Waals surface area contributed by atoms with Crippen molar-refractivity contribution >= 4 is 56.3 Å². The van der Waals surface area contributed by atoms with Gasteiger partial charge >= 0.3 is 7.12 Å². The fraction of sp³-hybridized carbons (Fsp3) is 0.200. The van der Waals surface area contributed by atoms with Gasteiger partial charge in [0, 0.05) is 27.0 Å². The van der Waals surface area contributed by atoms with Crippen LogP contribution in [0.3, 0.4) is 0 Å². The molecule has 0 N–H and O–H groups in total. The molecule has 1 aliphatic rings. The van der Waals surface area contributed by atoms with Crippen molar-refractivity contribution in [3.8, 4) is 5.69 Å². The second-order valence-electron chi connectivity index (χ2n) is 10.4. The van der Waals surface area contributed by atoms with Crippen LogP contribution in [0.2, 0.25) is 0 Å². The molecule has 0 saturated carbocycles. The Bertz CT molecular complexity index is 1710. The lowest BCUT2D eigenvalue weighted by Gasteiger charge is -2.32. The van der Waals surface area contributed by atoms with Gasteiger partial charge in [0.15, 0.2) is 5.58 Å². The highest BCUT2D eigenvalue weighted by Gasteiger charge is 2.52. The Kier molecular flexibility index (Phi) is 4.16. The van der Waals surface area contributed by atoms with E-state index in [1.807, 2.05) is 6.07 Å². The molecule has 172 valence electrons. The molecule has 1 aliphatic heterocycles. The van der Waals surface area contributed by atoms with Crippen molar-refractivity contribution < 1.29 is 13.7 Å². The van der Waals surface area contributed by atoms with Crippen LogP contribution < -0.4 is 5.46 Å². The van der Waals surface area contributed by atoms with Crippen LogP contribution in [-0.4, -0.2) is 22.9 Å². The number of hydrogen-bond acceptors (Lipinski definition) is 3. The Labute approximate surface area is 204 Å². The van der Waals surface area contributed by atoms with Crippen LogP contribution in [0.25, 0.3) is 49.4 Å². The maximum Gasteiger partial charge on any atom is 0.498 e. The number of fused-ring (bicyclic) bond motifs is 6. The van der Waals surface area contributed by atoms with Crippen LogP contribution in [0.1, 0.15) is 27.7 Å². The van der Waals surface area contributed by atoms with Crippen LogP contribution in [-0.2, 0) is 9.31 Å². The van der Waals surface area contributed by atoms with Gasteiger partial charge in [-0.2, -0.15) is 0 Å². The number of aromatic nitrogens is 1. The van der Waals surface area contributed by atoms with Gasteiger partial charge in [-0.05, 0) is 45.9 Å². The zero-order chi connectivity index (χ0) is 23.9. The molecule has 4 nitrogen and oxygen atoms in total. The van der Waals surface area contributed by atoms with E-state index in [1.165, 1.54) is 10.8 Å². The first-order valence-electron chi connectivity index (χ1n) is 12.1. The Hall–Kier alpha value is -3.54. The SMILES string of the molecule is CC1(C)OB(c2cccc3c2oc2c(-n4c5ccccc5c5ccccc54)cccc23)OC1(C)C. The number of para-hydroxylation sites is 4. The molecule has 1 fully saturated rings. The fourth-order valence-electron chi connectivity index (χ4n) is 5.34. The van der Waals surface area contributed by atoms with Gasteiger partial charge in [0.05, 0.1) is 27.9 Å². The molecule has 5 heteroatoms. The molecule has 0 radical (unpaired) electrons. The topological polar surface area (TPSA) is 36.5 Å². The summed E-state index contributed by atoms with van der Waals surface area (Å²) in [5.41, 5.74) is 5.11. The van der Waals surface area contributed by atoms with Crippen molar-refractivity contribution in [2.24, 2.45) is 0 Å². The van der Waals surface area contributed by atoms with Crippen molar-refractivity contribution in [1.29, 1.82) is 0 Å². The van der Waals surface area contributed by atoms with Crippen LogP contribution in [0.15, 0.2) is 89.3 Å². The van der Waals surface area contributed by atoms with Crippen LogP contribution in [0, 0.1) is 0 Å². The molecule has 0 spiro atoms. The summed E-state index contributed by atoms with van der Waals surface area (Å²) in [5, 5.41) is 4.61. The summed E-state index contributed by atoms with van der Waals surface area (Å²) in [6.07, 6.45) is 0. The minimum absolute atomic E-state index is 0.417. The predicted molar refractivity (Wildman–Crippen MR) is 144 cm³/mol. The molecule has 0 unspecified atom stereocenters. The molecule has 3 heterocycles. The Morgan fingerprint density at radius 1 is 0.571 bits per heavy atom. The summed E-state index contributed by atoms with van der Waals surface area (Å²) in [6.45, 7) is 8.30. The van der Waals surface area contributed by atoms with E-state index in [-0.39, 0.29) is 0 Å². The highest BCUT2D eigenvalue weighted by molar-refractivity contribution is 6.65. The van der Waals surface area contributed by atoms with E-state index in [9.17, 15) is 0 Å². The summed E-state index contributed by atoms with van der Waals surface area (Å²) in [4.78, 5) is 0. The molecule has 0 aliphatic carbocycles. The number of hydrogen-bond donors (Lipinski definition) is 0. The second-order valence-corrected chi connectivity index (χ2v) is 10.4. The van der Waals surface area contributed by atoms with Gasteiger partial charge in [-0.25, -0.2) is 0 Å². The van der Waals surface area contributed by atoms with Gasteiger partial charge < -0.3 is 18.3 Å². The number of nitrogens with zero attached hydrogens (tertiary/aromatic N) is 1. The van der Waals surface area contributed by atoms with E-state index < -0.39 is 18.3 Å². The largest absolute Gasteiger partial charge is 0.498 e. The Morgan fingerprint density at radius 3 is 1.71 bits per heavy atom. The smallest absolute Gasteiger partial charge is 0.454 e. The number of benzene rings is 4. The number of rotatable bonds is 2. The molecular weight excluding hydrogens is 433 g/mol. The van der Waals surface area contributed by atoms with Crippen molar-refractivity contribution in [3.05, 3.63) is 84.9 Å². The highest BCUT2D eigenvalue weighted by atomic mass is 16.7. The lowest BCUT2D eigenvalue weighted by Crippen LogP contribution is -2.41. The molecule has 4 aromatic carbocycles. The third kappa shape index (κ3) is 2.83. The van der Waals surface area contributed by atoms with E-state index in [1.54, 1.807) is 0 Å². The van der Waals surface area contributed by atoms with Crippen molar-refractivity contribution in [2.75, 3.05) is 0 Å². The summed E-state index contributed by atoms with van der Waals surface area (Å²) < 4.78 is 21.8. The summed E-state index contributed by atoms with van der Waals surface area (Å²) in [6, 6.07) is 29.7. The third-order valence-corrected chi connectivity index (χ3v) is 7.86. The quantitative estimate of drug-likeness (QED) is 0.262. The third-order valence-electron chi connectivity index (χ3n) is 7.86. The monoisotopic (exact) mass is 459 g/mol. The average Bonchev–Trinajstić information content (AvgIpc) is 3.46. The minimum atomic E-state index is -0.485. The average molecular weight is 459 g/mol. The highest BCUT2D eigenvalue weighted by Crippen LogP contribution is 2.40. The van der Waals surface area contributed by atoms with E-state index >= 15 is 0 Å². The normalized spacial score (nSPS) is 17.3. The van der Waals surface area contributed by atoms with Gasteiger partial charge in [0.2, 0.25) is 0 Å². The van der Waals surface area contributed by atoms with E-state index in [4.69, 9.17) is 13.7 Å². The van der Waals surface area contributed by atoms with Crippen molar-refractivity contribution in [1.82, 2.24) is 4.57 Å². The fourth-order valence-corrected chi connectivity index (χ4v) is 5.34. The molecule has 6 aromatic rings. The van der Waals surface area contributed by atoms with Gasteiger partial charge in [0.25, 0.3) is 0 Å².